The fourth-order valence-electron chi connectivity index (χ4n) is 1.43. The molecule has 0 radical (unpaired) electrons. The number of nitrogens with zero attached hydrogens (tertiary/aromatic N) is 1. The second-order valence-corrected chi connectivity index (χ2v) is 3.40. The molecule has 0 aliphatic carbocycles. The van der Waals surface area contributed by atoms with Gasteiger partial charge in [-0.2, -0.15) is 0 Å². The van der Waals surface area contributed by atoms with Gasteiger partial charge in [0.05, 0.1) is 0 Å². The summed E-state index contributed by atoms with van der Waals surface area (Å²) in [6.07, 6.45) is 4.18. The number of benzene rings is 1. The summed E-state index contributed by atoms with van der Waals surface area (Å²) >= 11 is 0. The molecule has 2 rings (SSSR count). The van der Waals surface area contributed by atoms with Crippen LogP contribution in [0, 0.1) is 0 Å². The molecule has 0 fully saturated rings. The van der Waals surface area contributed by atoms with Crippen LogP contribution < -0.4 is 5.32 Å². The third-order valence-corrected chi connectivity index (χ3v) is 2.16. The zero-order valence-corrected chi connectivity index (χ0v) is 8.27. The third kappa shape index (κ3) is 2.16. The first-order valence-electron chi connectivity index (χ1n) is 4.74. The van der Waals surface area contributed by atoms with Crippen molar-refractivity contribution >= 4 is 5.69 Å². The van der Waals surface area contributed by atoms with E-state index in [2.05, 4.69) is 40.5 Å². The Morgan fingerprint density at radius 3 is 2.57 bits per heavy atom. The molecule has 1 N–H and O–H groups in total. The van der Waals surface area contributed by atoms with E-state index in [0.717, 1.165) is 12.2 Å². The van der Waals surface area contributed by atoms with Gasteiger partial charge in [-0.25, -0.2) is 0 Å². The van der Waals surface area contributed by atoms with Crippen molar-refractivity contribution in [1.82, 2.24) is 4.57 Å². The lowest BCUT2D eigenvalue weighted by atomic mass is 10.3. The fraction of sp³-hybridized carbons (Fsp3) is 0.167. The van der Waals surface area contributed by atoms with Gasteiger partial charge in [-0.05, 0) is 23.8 Å². The predicted octanol–water partition coefficient (Wildman–Crippen LogP) is 2.64. The molecular formula is C12H14N2. The second-order valence-electron chi connectivity index (χ2n) is 3.40. The van der Waals surface area contributed by atoms with Crippen molar-refractivity contribution in [3.63, 3.8) is 0 Å². The molecule has 2 nitrogen and oxygen atoms in total. The average Bonchev–Trinajstić information content (AvgIpc) is 2.63. The lowest BCUT2D eigenvalue weighted by molar-refractivity contribution is 0.920. The molecule has 0 amide bonds. The highest BCUT2D eigenvalue weighted by Gasteiger charge is 1.93. The minimum absolute atomic E-state index is 0.880. The zero-order chi connectivity index (χ0) is 9.80. The van der Waals surface area contributed by atoms with Crippen LogP contribution in [0.3, 0.4) is 0 Å². The number of nitrogens with one attached hydrogen (secondary N) is 1. The lowest BCUT2D eigenvalue weighted by Gasteiger charge is -2.03. The average molecular weight is 186 g/mol. The first-order chi connectivity index (χ1) is 6.84. The van der Waals surface area contributed by atoms with E-state index in [1.54, 1.807) is 0 Å². The van der Waals surface area contributed by atoms with Crippen molar-refractivity contribution in [2.45, 2.75) is 6.54 Å². The van der Waals surface area contributed by atoms with Gasteiger partial charge in [-0.3, -0.25) is 0 Å². The summed E-state index contributed by atoms with van der Waals surface area (Å²) in [5.41, 5.74) is 2.47. The number of hydrogen-bond acceptors (Lipinski definition) is 1. The van der Waals surface area contributed by atoms with Crippen LogP contribution in [-0.2, 0) is 13.6 Å². The second kappa shape index (κ2) is 4.01. The molecule has 0 aliphatic rings. The van der Waals surface area contributed by atoms with E-state index in [1.807, 2.05) is 25.2 Å². The third-order valence-electron chi connectivity index (χ3n) is 2.16. The number of aryl methyl sites for hydroxylation is 1. The molecule has 1 heterocycles. The van der Waals surface area contributed by atoms with Gasteiger partial charge in [0.15, 0.2) is 0 Å². The highest BCUT2D eigenvalue weighted by atomic mass is 14.9. The van der Waals surface area contributed by atoms with Crippen LogP contribution in [0.5, 0.6) is 0 Å². The molecule has 0 unspecified atom stereocenters. The Balaban J connectivity index is 1.95. The molecule has 1 aromatic heterocycles. The van der Waals surface area contributed by atoms with Crippen LogP contribution in [0.2, 0.25) is 0 Å². The van der Waals surface area contributed by atoms with E-state index < -0.39 is 0 Å². The molecule has 2 aromatic rings. The molecule has 0 aliphatic heterocycles. The van der Waals surface area contributed by atoms with Crippen LogP contribution in [0.1, 0.15) is 5.56 Å². The topological polar surface area (TPSA) is 17.0 Å². The largest absolute Gasteiger partial charge is 0.381 e. The van der Waals surface area contributed by atoms with Gasteiger partial charge in [-0.1, -0.05) is 18.2 Å². The minimum atomic E-state index is 0.880. The van der Waals surface area contributed by atoms with Crippen LogP contribution in [0.4, 0.5) is 5.69 Å². The summed E-state index contributed by atoms with van der Waals surface area (Å²) in [6, 6.07) is 12.4. The monoisotopic (exact) mass is 186 g/mol. The molecule has 0 spiro atoms. The number of hydrogen-bond donors (Lipinski definition) is 1. The Labute approximate surface area is 84.2 Å². The fourth-order valence-corrected chi connectivity index (χ4v) is 1.43. The highest BCUT2D eigenvalue weighted by molar-refractivity contribution is 5.42. The molecule has 0 saturated carbocycles. The van der Waals surface area contributed by atoms with E-state index in [0.29, 0.717) is 0 Å². The SMILES string of the molecule is Cn1ccc(CNc2ccccc2)c1. The molecule has 2 heteroatoms. The van der Waals surface area contributed by atoms with Crippen LogP contribution in [0.15, 0.2) is 48.8 Å². The number of rotatable bonds is 3. The molecule has 14 heavy (non-hydrogen) atoms. The van der Waals surface area contributed by atoms with Crippen molar-refractivity contribution in [2.24, 2.45) is 7.05 Å². The maximum Gasteiger partial charge on any atom is 0.0415 e. The lowest BCUT2D eigenvalue weighted by Crippen LogP contribution is -1.97. The van der Waals surface area contributed by atoms with E-state index in [1.165, 1.54) is 5.56 Å². The standard InChI is InChI=1S/C12H14N2/c1-14-8-7-11(10-14)9-13-12-5-3-2-4-6-12/h2-8,10,13H,9H2,1H3. The van der Waals surface area contributed by atoms with Crippen molar-refractivity contribution in [1.29, 1.82) is 0 Å². The molecule has 0 saturated heterocycles. The number of anilines is 1. The summed E-state index contributed by atoms with van der Waals surface area (Å²) in [5.74, 6) is 0. The van der Waals surface area contributed by atoms with Gasteiger partial charge in [-0.15, -0.1) is 0 Å². The molecule has 0 bridgehead atoms. The van der Waals surface area contributed by atoms with Gasteiger partial charge in [0.2, 0.25) is 0 Å². The Morgan fingerprint density at radius 1 is 1.14 bits per heavy atom. The van der Waals surface area contributed by atoms with Gasteiger partial charge >= 0.3 is 0 Å². The predicted molar refractivity (Wildman–Crippen MR) is 59.2 cm³/mol. The summed E-state index contributed by atoms with van der Waals surface area (Å²) in [5, 5.41) is 3.36. The van der Waals surface area contributed by atoms with Gasteiger partial charge in [0, 0.05) is 31.7 Å². The van der Waals surface area contributed by atoms with Gasteiger partial charge in [0.25, 0.3) is 0 Å². The Bertz CT molecular complexity index is 390. The van der Waals surface area contributed by atoms with Crippen LogP contribution in [-0.4, -0.2) is 4.57 Å². The van der Waals surface area contributed by atoms with E-state index in [-0.39, 0.29) is 0 Å². The summed E-state index contributed by atoms with van der Waals surface area (Å²) in [7, 11) is 2.03. The van der Waals surface area contributed by atoms with Crippen LogP contribution >= 0.6 is 0 Å². The molecule has 0 atom stereocenters. The van der Waals surface area contributed by atoms with Gasteiger partial charge < -0.3 is 9.88 Å². The van der Waals surface area contributed by atoms with Crippen LogP contribution in [0.25, 0.3) is 0 Å². The Morgan fingerprint density at radius 2 is 1.93 bits per heavy atom. The maximum atomic E-state index is 3.36. The zero-order valence-electron chi connectivity index (χ0n) is 8.27. The summed E-state index contributed by atoms with van der Waals surface area (Å²) in [4.78, 5) is 0. The van der Waals surface area contributed by atoms with E-state index >= 15 is 0 Å². The summed E-state index contributed by atoms with van der Waals surface area (Å²) < 4.78 is 2.06. The molecule has 1 aromatic carbocycles. The van der Waals surface area contributed by atoms with E-state index in [4.69, 9.17) is 0 Å². The maximum absolute atomic E-state index is 3.36. The molecular weight excluding hydrogens is 172 g/mol. The van der Waals surface area contributed by atoms with Gasteiger partial charge in [0.1, 0.15) is 0 Å². The van der Waals surface area contributed by atoms with Crippen molar-refractivity contribution in [3.8, 4) is 0 Å². The molecule has 72 valence electrons. The Kier molecular flexibility index (Phi) is 2.54. The van der Waals surface area contributed by atoms with E-state index in [9.17, 15) is 0 Å². The first-order valence-corrected chi connectivity index (χ1v) is 4.74. The smallest absolute Gasteiger partial charge is 0.0415 e. The number of aromatic nitrogens is 1. The van der Waals surface area contributed by atoms with Crippen molar-refractivity contribution in [3.05, 3.63) is 54.4 Å². The van der Waals surface area contributed by atoms with Crippen molar-refractivity contribution in [2.75, 3.05) is 5.32 Å². The Hall–Kier alpha value is -1.70. The summed E-state index contributed by atoms with van der Waals surface area (Å²) in [6.45, 7) is 0.880. The number of para-hydroxylation sites is 1. The highest BCUT2D eigenvalue weighted by Crippen LogP contribution is 2.08. The van der Waals surface area contributed by atoms with Crippen molar-refractivity contribution < 1.29 is 0 Å². The quantitative estimate of drug-likeness (QED) is 0.779. The normalized spacial score (nSPS) is 10.1. The minimum Gasteiger partial charge on any atom is -0.381 e. The first kappa shape index (κ1) is 8.88.